The predicted octanol–water partition coefficient (Wildman–Crippen LogP) is 6.14. The van der Waals surface area contributed by atoms with Gasteiger partial charge in [0.25, 0.3) is 0 Å². The first kappa shape index (κ1) is 24.9. The third-order valence-corrected chi connectivity index (χ3v) is 9.45. The van der Waals surface area contributed by atoms with E-state index in [1.807, 2.05) is 83.9 Å². The zero-order chi connectivity index (χ0) is 29.6. The van der Waals surface area contributed by atoms with Crippen LogP contribution in [0.2, 0.25) is 0 Å². The molecule has 1 spiro atoms. The van der Waals surface area contributed by atoms with E-state index in [1.54, 1.807) is 30.3 Å². The first-order valence-corrected chi connectivity index (χ1v) is 14.5. The van der Waals surface area contributed by atoms with Crippen LogP contribution in [0.3, 0.4) is 0 Å². The molecule has 4 atom stereocenters. The molecule has 0 bridgehead atoms. The maximum Gasteiger partial charge on any atom is 0.238 e. The third-order valence-electron chi connectivity index (χ3n) is 9.45. The molecule has 5 aromatic rings. The van der Waals surface area contributed by atoms with Crippen LogP contribution < -0.4 is 14.8 Å². The van der Waals surface area contributed by atoms with Crippen LogP contribution >= 0.6 is 0 Å². The molecule has 0 aliphatic carbocycles. The summed E-state index contributed by atoms with van der Waals surface area (Å²) in [5, 5.41) is 3.83. The van der Waals surface area contributed by atoms with Crippen molar-refractivity contribution >= 4 is 40.2 Å². The average molecular weight is 581 g/mol. The summed E-state index contributed by atoms with van der Waals surface area (Å²) >= 11 is 0. The van der Waals surface area contributed by atoms with Gasteiger partial charge in [-0.05, 0) is 59.2 Å². The van der Waals surface area contributed by atoms with Gasteiger partial charge < -0.3 is 24.1 Å². The van der Waals surface area contributed by atoms with Gasteiger partial charge in [0.2, 0.25) is 18.5 Å². The van der Waals surface area contributed by atoms with E-state index in [0.29, 0.717) is 33.9 Å². The SMILES string of the molecule is O=C(c1ccc2c(c1)OCO2)C1C(C(=O)c2cc3ccccc3o2)C2(C(=O)Nc3ccccc32)C2c3ccccc3C=CN12. The van der Waals surface area contributed by atoms with E-state index >= 15 is 4.79 Å². The minimum atomic E-state index is -1.44. The molecule has 1 fully saturated rings. The number of furan rings is 1. The van der Waals surface area contributed by atoms with Crippen molar-refractivity contribution in [3.63, 3.8) is 0 Å². The number of carbonyl (C=O) groups excluding carboxylic acids is 3. The number of rotatable bonds is 4. The summed E-state index contributed by atoms with van der Waals surface area (Å²) in [7, 11) is 0. The van der Waals surface area contributed by atoms with Crippen LogP contribution in [-0.4, -0.2) is 35.2 Å². The number of hydrogen-bond donors (Lipinski definition) is 1. The first-order valence-electron chi connectivity index (χ1n) is 14.5. The highest BCUT2D eigenvalue weighted by molar-refractivity contribution is 6.16. The Labute approximate surface area is 251 Å². The summed E-state index contributed by atoms with van der Waals surface area (Å²) < 4.78 is 17.2. The summed E-state index contributed by atoms with van der Waals surface area (Å²) in [6.45, 7) is 0.0668. The van der Waals surface area contributed by atoms with Gasteiger partial charge in [0.1, 0.15) is 17.0 Å². The highest BCUT2D eigenvalue weighted by Gasteiger charge is 2.71. The van der Waals surface area contributed by atoms with Crippen LogP contribution in [0.15, 0.2) is 108 Å². The molecule has 1 aromatic heterocycles. The summed E-state index contributed by atoms with van der Waals surface area (Å²) in [5.41, 5.74) is 2.58. The third kappa shape index (κ3) is 3.19. The van der Waals surface area contributed by atoms with Crippen LogP contribution in [0.1, 0.15) is 43.6 Å². The molecule has 1 N–H and O–H groups in total. The largest absolute Gasteiger partial charge is 0.454 e. The Hall–Kier alpha value is -5.63. The molecule has 5 heterocycles. The molecular formula is C36H24N2O6. The first-order chi connectivity index (χ1) is 21.6. The van der Waals surface area contributed by atoms with E-state index < -0.39 is 29.2 Å². The molecular weight excluding hydrogens is 556 g/mol. The number of amides is 1. The van der Waals surface area contributed by atoms with Gasteiger partial charge in [-0.1, -0.05) is 60.7 Å². The van der Waals surface area contributed by atoms with Gasteiger partial charge in [-0.3, -0.25) is 14.4 Å². The molecule has 1 saturated heterocycles. The smallest absolute Gasteiger partial charge is 0.238 e. The Balaban J connectivity index is 1.32. The van der Waals surface area contributed by atoms with Crippen molar-refractivity contribution in [3.8, 4) is 11.5 Å². The molecule has 4 aliphatic rings. The minimum absolute atomic E-state index is 0.0668. The lowest BCUT2D eigenvalue weighted by molar-refractivity contribution is -0.122. The predicted molar refractivity (Wildman–Crippen MR) is 162 cm³/mol. The van der Waals surface area contributed by atoms with E-state index in [2.05, 4.69) is 5.32 Å². The van der Waals surface area contributed by atoms with Crippen LogP contribution in [0.5, 0.6) is 11.5 Å². The van der Waals surface area contributed by atoms with Gasteiger partial charge in [0, 0.05) is 22.8 Å². The summed E-state index contributed by atoms with van der Waals surface area (Å²) in [6.07, 6.45) is 3.79. The number of carbonyl (C=O) groups is 3. The number of ether oxygens (including phenoxy) is 2. The second-order valence-corrected chi connectivity index (χ2v) is 11.5. The molecule has 4 aromatic carbocycles. The summed E-state index contributed by atoms with van der Waals surface area (Å²) in [5.74, 6) is -1.06. The zero-order valence-corrected chi connectivity index (χ0v) is 23.2. The van der Waals surface area contributed by atoms with E-state index in [-0.39, 0.29) is 24.2 Å². The standard InChI is InChI=1S/C36H24N2O6/c39-32(22-13-14-27-28(18-22)43-19-42-27)31-30(33(40)29-17-21-8-2-6-12-26(21)44-29)36(24-10-4-5-11-25(24)37-35(36)41)34-23-9-3-1-7-20(23)15-16-38(31)34/h1-18,30-31,34H,19H2,(H,37,41). The summed E-state index contributed by atoms with van der Waals surface area (Å²) in [4.78, 5) is 46.3. The molecule has 1 amide bonds. The topological polar surface area (TPSA) is 98.1 Å². The van der Waals surface area contributed by atoms with Gasteiger partial charge in [0.05, 0.1) is 12.0 Å². The van der Waals surface area contributed by atoms with Crippen molar-refractivity contribution in [1.82, 2.24) is 4.90 Å². The van der Waals surface area contributed by atoms with Crippen molar-refractivity contribution in [2.45, 2.75) is 17.5 Å². The van der Waals surface area contributed by atoms with Crippen molar-refractivity contribution < 1.29 is 28.3 Å². The number of benzene rings is 4. The van der Waals surface area contributed by atoms with Crippen LogP contribution in [0, 0.1) is 5.92 Å². The van der Waals surface area contributed by atoms with Crippen molar-refractivity contribution in [2.75, 3.05) is 12.1 Å². The number of nitrogens with zero attached hydrogens (tertiary/aromatic N) is 1. The highest BCUT2D eigenvalue weighted by atomic mass is 16.7. The van der Waals surface area contributed by atoms with Crippen molar-refractivity contribution in [2.24, 2.45) is 5.92 Å². The Morgan fingerprint density at radius 3 is 2.55 bits per heavy atom. The normalized spacial score (nSPS) is 23.9. The Bertz CT molecular complexity index is 2060. The van der Waals surface area contributed by atoms with E-state index in [0.717, 1.165) is 16.5 Å². The fraction of sp³-hybridized carbons (Fsp3) is 0.139. The molecule has 8 nitrogen and oxygen atoms in total. The molecule has 9 rings (SSSR count). The van der Waals surface area contributed by atoms with Crippen LogP contribution in [0.4, 0.5) is 5.69 Å². The van der Waals surface area contributed by atoms with Crippen molar-refractivity contribution in [3.05, 3.63) is 131 Å². The number of anilines is 1. The Morgan fingerprint density at radius 2 is 1.64 bits per heavy atom. The van der Waals surface area contributed by atoms with Gasteiger partial charge >= 0.3 is 0 Å². The summed E-state index contributed by atoms with van der Waals surface area (Å²) in [6, 6.07) is 27.7. The quantitative estimate of drug-likeness (QED) is 0.255. The van der Waals surface area contributed by atoms with Crippen molar-refractivity contribution in [1.29, 1.82) is 0 Å². The molecule has 44 heavy (non-hydrogen) atoms. The average Bonchev–Trinajstić information content (AvgIpc) is 3.83. The number of para-hydroxylation sites is 2. The van der Waals surface area contributed by atoms with E-state index in [4.69, 9.17) is 13.9 Å². The monoisotopic (exact) mass is 580 g/mol. The molecule has 8 heteroatoms. The minimum Gasteiger partial charge on any atom is -0.454 e. The highest BCUT2D eigenvalue weighted by Crippen LogP contribution is 2.62. The fourth-order valence-corrected chi connectivity index (χ4v) is 7.64. The fourth-order valence-electron chi connectivity index (χ4n) is 7.64. The second-order valence-electron chi connectivity index (χ2n) is 11.5. The molecule has 4 aliphatic heterocycles. The maximum atomic E-state index is 15.0. The Morgan fingerprint density at radius 1 is 0.841 bits per heavy atom. The number of nitrogens with one attached hydrogen (secondary N) is 1. The number of fused-ring (bicyclic) bond motifs is 8. The van der Waals surface area contributed by atoms with E-state index in [1.165, 1.54) is 0 Å². The van der Waals surface area contributed by atoms with E-state index in [9.17, 15) is 9.59 Å². The molecule has 4 unspecified atom stereocenters. The lowest BCUT2D eigenvalue weighted by Crippen LogP contribution is -2.49. The molecule has 0 saturated carbocycles. The van der Waals surface area contributed by atoms with Gasteiger partial charge in [0.15, 0.2) is 23.0 Å². The molecule has 214 valence electrons. The zero-order valence-electron chi connectivity index (χ0n) is 23.2. The van der Waals surface area contributed by atoms with Gasteiger partial charge in [-0.15, -0.1) is 0 Å². The number of ketones is 2. The number of hydrogen-bond acceptors (Lipinski definition) is 7. The van der Waals surface area contributed by atoms with Gasteiger partial charge in [-0.25, -0.2) is 0 Å². The lowest BCUT2D eigenvalue weighted by Gasteiger charge is -2.38. The lowest BCUT2D eigenvalue weighted by atomic mass is 9.63. The van der Waals surface area contributed by atoms with Crippen LogP contribution in [-0.2, 0) is 10.2 Å². The van der Waals surface area contributed by atoms with Crippen LogP contribution in [0.25, 0.3) is 17.0 Å². The molecule has 0 radical (unpaired) electrons. The Kier molecular flexibility index (Phi) is 5.06. The maximum absolute atomic E-state index is 15.0. The number of Topliss-reactive ketones (excluding diaryl/α,β-unsaturated/α-hetero) is 2. The van der Waals surface area contributed by atoms with Gasteiger partial charge in [-0.2, -0.15) is 0 Å². The second kappa shape index (κ2) is 8.94.